The number of alkyl halides is 1. The summed E-state index contributed by atoms with van der Waals surface area (Å²) in [6.45, 7) is -1.60. The lowest BCUT2D eigenvalue weighted by molar-refractivity contribution is -0.0624. The number of nitrogens with zero attached hydrogens (tertiary/aromatic N) is 8. The van der Waals surface area contributed by atoms with Gasteiger partial charge in [-0.05, 0) is 0 Å². The van der Waals surface area contributed by atoms with Crippen LogP contribution >= 0.6 is 15.4 Å². The van der Waals surface area contributed by atoms with Crippen LogP contribution in [0.4, 0.5) is 22.0 Å². The van der Waals surface area contributed by atoms with Crippen molar-refractivity contribution in [3.05, 3.63) is 19.0 Å². The van der Waals surface area contributed by atoms with E-state index in [1.807, 2.05) is 0 Å². The van der Waals surface area contributed by atoms with Gasteiger partial charge in [0.05, 0.1) is 25.9 Å². The second-order valence-corrected chi connectivity index (χ2v) is 13.7. The third kappa shape index (κ3) is 5.48. The summed E-state index contributed by atoms with van der Waals surface area (Å²) < 4.78 is 77.1. The van der Waals surface area contributed by atoms with Crippen LogP contribution in [0.2, 0.25) is 0 Å². The summed E-state index contributed by atoms with van der Waals surface area (Å²) in [4.78, 5) is 45.2. The molecule has 22 nitrogen and oxygen atoms in total. The quantitative estimate of drug-likeness (QED) is 0.137. The van der Waals surface area contributed by atoms with Gasteiger partial charge in [-0.3, -0.25) is 22.7 Å². The predicted octanol–water partition coefficient (Wildman–Crippen LogP) is -1.03. The van der Waals surface area contributed by atoms with Gasteiger partial charge in [0.2, 0.25) is 5.95 Å². The Morgan fingerprint density at radius 3 is 2.28 bits per heavy atom. The Kier molecular flexibility index (Phi) is 7.68. The van der Waals surface area contributed by atoms with E-state index in [0.717, 1.165) is 17.2 Å². The van der Waals surface area contributed by atoms with Crippen LogP contribution in [-0.4, -0.2) is 110 Å². The molecule has 25 heteroatoms. The van der Waals surface area contributed by atoms with Crippen molar-refractivity contribution in [3.8, 4) is 0 Å². The van der Waals surface area contributed by atoms with Gasteiger partial charge in [0.1, 0.15) is 54.2 Å². The number of nitrogen functional groups attached to an aromatic ring is 3. The summed E-state index contributed by atoms with van der Waals surface area (Å²) >= 11 is 0. The number of anilines is 3. The lowest BCUT2D eigenvalue weighted by Gasteiger charge is -2.26. The topological polar surface area (TPSA) is 315 Å². The Bertz CT molecular complexity index is 1900. The minimum Gasteiger partial charge on any atom is -0.386 e. The van der Waals surface area contributed by atoms with Gasteiger partial charge in [-0.15, -0.1) is 0 Å². The van der Waals surface area contributed by atoms with Gasteiger partial charge in [-0.2, -0.15) is 9.97 Å². The summed E-state index contributed by atoms with van der Waals surface area (Å²) in [5.41, 5.74) is 17.8. The van der Waals surface area contributed by atoms with Gasteiger partial charge < -0.3 is 50.8 Å². The summed E-state index contributed by atoms with van der Waals surface area (Å²) in [6.07, 6.45) is -10.3. The lowest BCUT2D eigenvalue weighted by Crippen LogP contribution is -2.37. The molecule has 248 valence electrons. The second kappa shape index (κ2) is 11.3. The van der Waals surface area contributed by atoms with E-state index in [9.17, 15) is 24.0 Å². The Morgan fingerprint density at radius 2 is 1.52 bits per heavy atom. The molecule has 0 amide bonds. The maximum Gasteiger partial charge on any atom is 0.472 e. The smallest absolute Gasteiger partial charge is 0.386 e. The molecule has 0 aromatic carbocycles. The first kappa shape index (κ1) is 31.1. The number of aliphatic hydroxyl groups excluding tert-OH is 1. The number of aliphatic hydroxyl groups is 1. The highest BCUT2D eigenvalue weighted by atomic mass is 31.2. The average Bonchev–Trinajstić information content (AvgIpc) is 3.75. The Morgan fingerprint density at radius 1 is 0.848 bits per heavy atom. The molecule has 3 aliphatic rings. The molecule has 0 saturated carbocycles. The normalized spacial score (nSPS) is 37.4. The number of nitrogens with two attached hydrogens (primary N) is 3. The first-order valence-corrected chi connectivity index (χ1v) is 16.6. The molecule has 4 aromatic rings. The maximum absolute atomic E-state index is 15.8. The molecular weight excluding hydrogens is 663 g/mol. The molecule has 0 aliphatic carbocycles. The number of hydrogen-bond acceptors (Lipinski definition) is 18. The number of phosphoric acid groups is 1. The molecule has 3 fully saturated rings. The second-order valence-electron chi connectivity index (χ2n) is 10.5. The monoisotopic (exact) mass is 689 g/mol. The van der Waals surface area contributed by atoms with Crippen LogP contribution in [0.1, 0.15) is 12.5 Å². The molecule has 46 heavy (non-hydrogen) atoms. The number of phosphoric ester groups is 1. The lowest BCUT2D eigenvalue weighted by atomic mass is 10.1. The molecule has 3 aliphatic heterocycles. The highest BCUT2D eigenvalue weighted by molar-refractivity contribution is 7.52. The van der Waals surface area contributed by atoms with Crippen molar-refractivity contribution < 1.29 is 56.2 Å². The van der Waals surface area contributed by atoms with Crippen molar-refractivity contribution in [2.45, 2.75) is 49.1 Å². The zero-order valence-corrected chi connectivity index (χ0v) is 25.0. The van der Waals surface area contributed by atoms with Crippen molar-refractivity contribution in [1.29, 1.82) is 0 Å². The van der Waals surface area contributed by atoms with Crippen molar-refractivity contribution in [2.75, 3.05) is 36.8 Å². The largest absolute Gasteiger partial charge is 0.472 e. The van der Waals surface area contributed by atoms with E-state index < -0.39 is 84.1 Å². The fraction of sp³-hybridized carbons (Fsp3) is 0.524. The summed E-state index contributed by atoms with van der Waals surface area (Å²) in [6, 6.07) is 0. The summed E-state index contributed by atoms with van der Waals surface area (Å²) in [7, 11) is -9.77. The molecule has 0 radical (unpaired) electrons. The molecule has 3 saturated heterocycles. The van der Waals surface area contributed by atoms with Crippen molar-refractivity contribution in [1.82, 2.24) is 39.0 Å². The predicted molar refractivity (Wildman–Crippen MR) is 149 cm³/mol. The van der Waals surface area contributed by atoms with Crippen LogP contribution in [-0.2, 0) is 36.9 Å². The highest BCUT2D eigenvalue weighted by Crippen LogP contribution is 2.52. The van der Waals surface area contributed by atoms with Crippen LogP contribution in [0.25, 0.3) is 22.3 Å². The number of fused-ring (bicyclic) bond motifs is 5. The van der Waals surface area contributed by atoms with Crippen LogP contribution in [0.5, 0.6) is 0 Å². The summed E-state index contributed by atoms with van der Waals surface area (Å²) in [5.74, 6) is -0.298. The van der Waals surface area contributed by atoms with E-state index in [0.29, 0.717) is 0 Å². The number of imidazole rings is 2. The van der Waals surface area contributed by atoms with E-state index in [4.69, 9.17) is 45.0 Å². The molecule has 0 spiro atoms. The van der Waals surface area contributed by atoms with Gasteiger partial charge >= 0.3 is 15.4 Å². The molecule has 7 rings (SSSR count). The maximum atomic E-state index is 15.8. The van der Waals surface area contributed by atoms with E-state index in [-0.39, 0.29) is 39.9 Å². The number of halogens is 1. The first-order valence-electron chi connectivity index (χ1n) is 13.4. The molecular formula is C21H26FN11O11P2. The van der Waals surface area contributed by atoms with Gasteiger partial charge in [0.15, 0.2) is 41.6 Å². The van der Waals surface area contributed by atoms with Crippen molar-refractivity contribution >= 4 is 55.3 Å². The van der Waals surface area contributed by atoms with Gasteiger partial charge in [-0.1, -0.05) is 0 Å². The number of rotatable bonds is 2. The molecule has 2 bridgehead atoms. The minimum absolute atomic E-state index is 0.0218. The Hall–Kier alpha value is -3.47. The van der Waals surface area contributed by atoms with Crippen molar-refractivity contribution in [2.24, 2.45) is 0 Å². The fourth-order valence-corrected chi connectivity index (χ4v) is 7.15. The van der Waals surface area contributed by atoms with Crippen molar-refractivity contribution in [3.63, 3.8) is 0 Å². The van der Waals surface area contributed by atoms with Gasteiger partial charge in [0.25, 0.3) is 0 Å². The van der Waals surface area contributed by atoms with Gasteiger partial charge in [0, 0.05) is 0 Å². The molecule has 7 heterocycles. The van der Waals surface area contributed by atoms with Crippen LogP contribution in [0, 0.1) is 0 Å². The Labute approximate surface area is 255 Å². The average molecular weight is 689 g/mol. The minimum atomic E-state index is -5.14. The standard InChI is InChI=1S/C21H26FN11O11P2/c22-9-7-1-40-45(35,36)6-39-13-8(43-19(12(13)34)32-4-28-10-15(23)26-3-27-17(10)32)2-41-46(37,38)44-14(9)20(42-7)33-5-29-11-16(24)30-21(25)31-18(11)33/h3-5,7-9,12-14,19-20,34H,1-2,6H2,(H,35,36)(H,37,38)(H2,23,26,27)(H4,24,25,30,31)/t7-,8-,9-,12-,13-,14-,19-,20-/m1/s1. The number of ether oxygens (including phenoxy) is 3. The zero-order valence-electron chi connectivity index (χ0n) is 23.2. The SMILES string of the molecule is Nc1nc(N)c2ncn([C@@H]3O[C@@H]4COP(=O)(O)CO[C@H]5[C@@H](O)[C@H](n6cnc7c(N)ncnc76)O[C@@H]5COP(=O)(O)O[C@@H]3[C@@H]4F)c2n1. The Balaban J connectivity index is 1.20. The summed E-state index contributed by atoms with van der Waals surface area (Å²) in [5, 5.41) is 11.2. The van der Waals surface area contributed by atoms with E-state index in [1.54, 1.807) is 0 Å². The van der Waals surface area contributed by atoms with E-state index >= 15 is 4.39 Å². The number of hydrogen-bond donors (Lipinski definition) is 6. The van der Waals surface area contributed by atoms with E-state index in [2.05, 4.69) is 29.9 Å². The zero-order chi connectivity index (χ0) is 32.5. The first-order chi connectivity index (χ1) is 21.8. The van der Waals surface area contributed by atoms with Crippen LogP contribution in [0.15, 0.2) is 19.0 Å². The molecule has 10 atom stereocenters. The highest BCUT2D eigenvalue weighted by Gasteiger charge is 2.53. The third-order valence-electron chi connectivity index (χ3n) is 7.50. The fourth-order valence-electron chi connectivity index (χ4n) is 5.41. The molecule has 4 aromatic heterocycles. The van der Waals surface area contributed by atoms with Gasteiger partial charge in [-0.25, -0.2) is 28.9 Å². The number of aromatic nitrogens is 8. The van der Waals surface area contributed by atoms with E-state index in [1.165, 1.54) is 10.9 Å². The molecule has 9 N–H and O–H groups in total. The third-order valence-corrected chi connectivity index (χ3v) is 9.52. The van der Waals surface area contributed by atoms with Crippen LogP contribution < -0.4 is 17.2 Å². The molecule has 2 unspecified atom stereocenters. The van der Waals surface area contributed by atoms with Crippen LogP contribution in [0.3, 0.4) is 0 Å².